The maximum atomic E-state index is 7.89. The van der Waals surface area contributed by atoms with Gasteiger partial charge >= 0.3 is 0 Å². The van der Waals surface area contributed by atoms with E-state index in [9.17, 15) is 0 Å². The van der Waals surface area contributed by atoms with Crippen molar-refractivity contribution < 1.29 is 5.21 Å². The van der Waals surface area contributed by atoms with Crippen LogP contribution in [0.25, 0.3) is 0 Å². The lowest BCUT2D eigenvalue weighted by atomic mass is 9.93. The number of hydrogen-bond donors (Lipinski definition) is 2. The third-order valence-corrected chi connectivity index (χ3v) is 1.82. The SMILES string of the molecule is C=C/C(=C\C)C1CNC1.CC.CN(C)O. The molecular formula is C12H26N2O. The van der Waals surface area contributed by atoms with Crippen molar-refractivity contribution in [2.75, 3.05) is 27.2 Å². The van der Waals surface area contributed by atoms with Crippen molar-refractivity contribution in [2.45, 2.75) is 20.8 Å². The standard InChI is InChI=1S/C8H13N.C2H7NO.C2H6/c1-3-7(4-2)8-5-9-6-8;1-3(2)4;1-2/h3-4,8-9H,1,5-6H2,2H3;4H,1-2H3;1-2H3/b7-4+;;. The topological polar surface area (TPSA) is 35.5 Å². The van der Waals surface area contributed by atoms with E-state index in [0.29, 0.717) is 0 Å². The van der Waals surface area contributed by atoms with Gasteiger partial charge in [-0.1, -0.05) is 32.6 Å². The van der Waals surface area contributed by atoms with Gasteiger partial charge in [0, 0.05) is 33.1 Å². The Morgan fingerprint density at radius 3 is 1.87 bits per heavy atom. The molecule has 3 nitrogen and oxygen atoms in total. The van der Waals surface area contributed by atoms with Crippen molar-refractivity contribution in [1.29, 1.82) is 0 Å². The number of nitrogens with one attached hydrogen (secondary N) is 1. The average Bonchev–Trinajstić information content (AvgIpc) is 2.13. The van der Waals surface area contributed by atoms with Crippen LogP contribution in [-0.2, 0) is 0 Å². The molecule has 0 amide bonds. The minimum Gasteiger partial charge on any atom is -0.315 e. The third kappa shape index (κ3) is 9.66. The molecular weight excluding hydrogens is 188 g/mol. The molecule has 1 rings (SSSR count). The molecule has 1 saturated heterocycles. The highest BCUT2D eigenvalue weighted by Gasteiger charge is 2.17. The Kier molecular flexibility index (Phi) is 12.8. The highest BCUT2D eigenvalue weighted by Crippen LogP contribution is 2.15. The summed E-state index contributed by atoms with van der Waals surface area (Å²) in [5.41, 5.74) is 1.38. The first-order valence-corrected chi connectivity index (χ1v) is 5.47. The lowest BCUT2D eigenvalue weighted by molar-refractivity contribution is -0.0372. The van der Waals surface area contributed by atoms with Crippen molar-refractivity contribution in [1.82, 2.24) is 10.4 Å². The second kappa shape index (κ2) is 11.4. The molecule has 0 aromatic carbocycles. The van der Waals surface area contributed by atoms with Crippen LogP contribution < -0.4 is 5.32 Å². The molecule has 15 heavy (non-hydrogen) atoms. The quantitative estimate of drug-likeness (QED) is 0.547. The molecule has 1 aliphatic heterocycles. The Balaban J connectivity index is 0. The fraction of sp³-hybridized carbons (Fsp3) is 0.667. The van der Waals surface area contributed by atoms with Gasteiger partial charge < -0.3 is 10.5 Å². The summed E-state index contributed by atoms with van der Waals surface area (Å²) >= 11 is 0. The van der Waals surface area contributed by atoms with Crippen LogP contribution in [0.3, 0.4) is 0 Å². The summed E-state index contributed by atoms with van der Waals surface area (Å²) in [7, 11) is 3.11. The predicted octanol–water partition coefficient (Wildman–Crippen LogP) is 2.30. The first-order chi connectivity index (χ1) is 7.11. The van der Waals surface area contributed by atoms with Crippen LogP contribution in [0.2, 0.25) is 0 Å². The highest BCUT2D eigenvalue weighted by atomic mass is 16.5. The summed E-state index contributed by atoms with van der Waals surface area (Å²) in [4.78, 5) is 0. The van der Waals surface area contributed by atoms with Crippen molar-refractivity contribution in [2.24, 2.45) is 5.92 Å². The zero-order valence-corrected chi connectivity index (χ0v) is 10.7. The van der Waals surface area contributed by atoms with Crippen LogP contribution in [0.4, 0.5) is 0 Å². The van der Waals surface area contributed by atoms with Crippen molar-refractivity contribution in [3.63, 3.8) is 0 Å². The molecule has 3 heteroatoms. The smallest absolute Gasteiger partial charge is 0.0121 e. The van der Waals surface area contributed by atoms with Gasteiger partial charge in [-0.3, -0.25) is 0 Å². The molecule has 2 N–H and O–H groups in total. The van der Waals surface area contributed by atoms with Crippen LogP contribution in [0.5, 0.6) is 0 Å². The van der Waals surface area contributed by atoms with E-state index >= 15 is 0 Å². The first kappa shape index (κ1) is 16.8. The molecule has 0 aliphatic carbocycles. The summed E-state index contributed by atoms with van der Waals surface area (Å²) in [6.45, 7) is 12.1. The second-order valence-corrected chi connectivity index (χ2v) is 3.20. The molecule has 0 unspecified atom stereocenters. The van der Waals surface area contributed by atoms with Gasteiger partial charge in [0.05, 0.1) is 0 Å². The molecule has 1 aliphatic rings. The van der Waals surface area contributed by atoms with Gasteiger partial charge in [-0.05, 0) is 12.5 Å². The summed E-state index contributed by atoms with van der Waals surface area (Å²) in [5.74, 6) is 0.743. The largest absolute Gasteiger partial charge is 0.315 e. The molecule has 0 bridgehead atoms. The number of hydrogen-bond acceptors (Lipinski definition) is 3. The van der Waals surface area contributed by atoms with Gasteiger partial charge in [-0.2, -0.15) is 5.06 Å². The van der Waals surface area contributed by atoms with Crippen LogP contribution in [0, 0.1) is 5.92 Å². The lowest BCUT2D eigenvalue weighted by Crippen LogP contribution is -2.42. The Morgan fingerprint density at radius 2 is 1.80 bits per heavy atom. The van der Waals surface area contributed by atoms with Gasteiger partial charge in [0.2, 0.25) is 0 Å². The molecule has 1 heterocycles. The van der Waals surface area contributed by atoms with Crippen molar-refractivity contribution in [3.8, 4) is 0 Å². The zero-order valence-electron chi connectivity index (χ0n) is 10.7. The van der Waals surface area contributed by atoms with E-state index in [4.69, 9.17) is 5.21 Å². The maximum Gasteiger partial charge on any atom is 0.0121 e. The van der Waals surface area contributed by atoms with Crippen LogP contribution in [0.15, 0.2) is 24.3 Å². The highest BCUT2D eigenvalue weighted by molar-refractivity contribution is 5.21. The lowest BCUT2D eigenvalue weighted by Gasteiger charge is -2.27. The zero-order chi connectivity index (χ0) is 12.3. The molecule has 0 radical (unpaired) electrons. The van der Waals surface area contributed by atoms with Gasteiger partial charge in [-0.25, -0.2) is 0 Å². The Bertz CT molecular complexity index is 170. The number of hydroxylamine groups is 2. The van der Waals surface area contributed by atoms with E-state index in [1.54, 1.807) is 14.1 Å². The molecule has 0 spiro atoms. The minimum atomic E-state index is 0.743. The van der Waals surface area contributed by atoms with Crippen LogP contribution in [0.1, 0.15) is 20.8 Å². The minimum absolute atomic E-state index is 0.743. The summed E-state index contributed by atoms with van der Waals surface area (Å²) in [5, 5.41) is 12.1. The third-order valence-electron chi connectivity index (χ3n) is 1.82. The average molecular weight is 214 g/mol. The molecule has 0 aromatic rings. The van der Waals surface area contributed by atoms with Gasteiger partial charge in [0.25, 0.3) is 0 Å². The summed E-state index contributed by atoms with van der Waals surface area (Å²) in [6, 6.07) is 0. The van der Waals surface area contributed by atoms with Crippen LogP contribution >= 0.6 is 0 Å². The molecule has 0 aromatic heterocycles. The molecule has 0 saturated carbocycles. The molecule has 0 atom stereocenters. The van der Waals surface area contributed by atoms with E-state index < -0.39 is 0 Å². The fourth-order valence-electron chi connectivity index (χ4n) is 1.04. The van der Waals surface area contributed by atoms with Crippen molar-refractivity contribution >= 4 is 0 Å². The Hall–Kier alpha value is -0.640. The van der Waals surface area contributed by atoms with E-state index in [0.717, 1.165) is 24.1 Å². The predicted molar refractivity (Wildman–Crippen MR) is 67.1 cm³/mol. The van der Waals surface area contributed by atoms with E-state index in [1.807, 2.05) is 19.9 Å². The van der Waals surface area contributed by atoms with Gasteiger partial charge in [-0.15, -0.1) is 0 Å². The first-order valence-electron chi connectivity index (χ1n) is 5.47. The molecule has 90 valence electrons. The number of nitrogens with zero attached hydrogens (tertiary/aromatic N) is 1. The molecule has 1 fully saturated rings. The summed E-state index contributed by atoms with van der Waals surface area (Å²) in [6.07, 6.45) is 4.09. The van der Waals surface area contributed by atoms with Gasteiger partial charge in [0.1, 0.15) is 0 Å². The Labute approximate surface area is 94.4 Å². The summed E-state index contributed by atoms with van der Waals surface area (Å²) < 4.78 is 0. The van der Waals surface area contributed by atoms with Gasteiger partial charge in [0.15, 0.2) is 0 Å². The number of allylic oxidation sites excluding steroid dienone is 2. The normalized spacial score (nSPS) is 15.5. The van der Waals surface area contributed by atoms with E-state index in [2.05, 4.69) is 24.9 Å². The monoisotopic (exact) mass is 214 g/mol. The van der Waals surface area contributed by atoms with E-state index in [1.165, 1.54) is 5.57 Å². The second-order valence-electron chi connectivity index (χ2n) is 3.20. The van der Waals surface area contributed by atoms with Crippen LogP contribution in [-0.4, -0.2) is 37.5 Å². The Morgan fingerprint density at radius 1 is 1.40 bits per heavy atom. The van der Waals surface area contributed by atoms with Crippen molar-refractivity contribution in [3.05, 3.63) is 24.3 Å². The van der Waals surface area contributed by atoms with E-state index in [-0.39, 0.29) is 0 Å². The fourth-order valence-corrected chi connectivity index (χ4v) is 1.04. The number of rotatable bonds is 2. The maximum absolute atomic E-state index is 7.89.